The quantitative estimate of drug-likeness (QED) is 0.867. The number of sulfone groups is 1. The highest BCUT2D eigenvalue weighted by Crippen LogP contribution is 2.25. The predicted octanol–water partition coefficient (Wildman–Crippen LogP) is 1.98. The Morgan fingerprint density at radius 2 is 1.73 bits per heavy atom. The van der Waals surface area contributed by atoms with Crippen molar-refractivity contribution in [3.63, 3.8) is 0 Å². The largest absolute Gasteiger partial charge is 0.355 e. The molecule has 22 heavy (non-hydrogen) atoms. The van der Waals surface area contributed by atoms with Crippen molar-refractivity contribution in [2.45, 2.75) is 37.4 Å². The zero-order valence-electron chi connectivity index (χ0n) is 12.1. The highest BCUT2D eigenvalue weighted by Gasteiger charge is 2.30. The van der Waals surface area contributed by atoms with Gasteiger partial charge in [0.25, 0.3) is 0 Å². The lowest BCUT2D eigenvalue weighted by atomic mass is 10.1. The third-order valence-corrected chi connectivity index (χ3v) is 5.95. The van der Waals surface area contributed by atoms with Crippen LogP contribution in [0, 0.1) is 11.6 Å². The minimum atomic E-state index is -3.40. The Balaban J connectivity index is 1.80. The summed E-state index contributed by atoms with van der Waals surface area (Å²) in [5.74, 6) is -2.44. The monoisotopic (exact) mass is 331 g/mol. The van der Waals surface area contributed by atoms with Gasteiger partial charge in [0.2, 0.25) is 5.91 Å². The lowest BCUT2D eigenvalue weighted by Gasteiger charge is -2.11. The Bertz CT molecular complexity index is 620. The van der Waals surface area contributed by atoms with Crippen LogP contribution >= 0.6 is 0 Å². The summed E-state index contributed by atoms with van der Waals surface area (Å²) in [6, 6.07) is 3.14. The Morgan fingerprint density at radius 1 is 1.14 bits per heavy atom. The first-order valence-corrected chi connectivity index (χ1v) is 9.01. The minimum Gasteiger partial charge on any atom is -0.355 e. The molecular weight excluding hydrogens is 312 g/mol. The maximum absolute atomic E-state index is 13.0. The van der Waals surface area contributed by atoms with Crippen LogP contribution in [0.3, 0.4) is 0 Å². The van der Waals surface area contributed by atoms with E-state index in [2.05, 4.69) is 5.32 Å². The first-order chi connectivity index (χ1) is 10.4. The van der Waals surface area contributed by atoms with Crippen molar-refractivity contribution in [1.29, 1.82) is 0 Å². The van der Waals surface area contributed by atoms with Crippen molar-refractivity contribution in [1.82, 2.24) is 5.32 Å². The molecule has 1 fully saturated rings. The molecule has 0 saturated heterocycles. The fourth-order valence-corrected chi connectivity index (χ4v) is 4.46. The molecule has 1 N–H and O–H groups in total. The Hall–Kier alpha value is -1.50. The summed E-state index contributed by atoms with van der Waals surface area (Å²) < 4.78 is 50.0. The van der Waals surface area contributed by atoms with E-state index in [0.717, 1.165) is 18.9 Å². The van der Waals surface area contributed by atoms with Gasteiger partial charge in [-0.15, -0.1) is 0 Å². The molecule has 1 aliphatic carbocycles. The number of carbonyl (C=O) groups excluding carboxylic acids is 1. The third-order valence-electron chi connectivity index (χ3n) is 3.80. The fourth-order valence-electron chi connectivity index (χ4n) is 2.70. The van der Waals surface area contributed by atoms with Crippen LogP contribution in [-0.2, 0) is 21.1 Å². The average Bonchev–Trinajstić information content (AvgIpc) is 2.91. The Labute approximate surface area is 128 Å². The molecular formula is C15H19F2NO3S. The van der Waals surface area contributed by atoms with Crippen LogP contribution in [0.2, 0.25) is 0 Å². The standard InChI is InChI=1S/C15H19F2NO3S/c16-12-7-11(8-13(17)9-12)5-6-18-15(19)10-22(20,21)14-3-1-2-4-14/h7-9,14H,1-6,10H2,(H,18,19). The van der Waals surface area contributed by atoms with E-state index in [0.29, 0.717) is 18.4 Å². The highest BCUT2D eigenvalue weighted by atomic mass is 32.2. The molecule has 0 unspecified atom stereocenters. The number of nitrogens with one attached hydrogen (secondary N) is 1. The van der Waals surface area contributed by atoms with Gasteiger partial charge < -0.3 is 5.32 Å². The first-order valence-electron chi connectivity index (χ1n) is 7.30. The maximum atomic E-state index is 13.0. The lowest BCUT2D eigenvalue weighted by molar-refractivity contribution is -0.118. The van der Waals surface area contributed by atoms with Crippen LogP contribution in [0.15, 0.2) is 18.2 Å². The maximum Gasteiger partial charge on any atom is 0.235 e. The van der Waals surface area contributed by atoms with E-state index in [1.165, 1.54) is 12.1 Å². The second-order valence-electron chi connectivity index (χ2n) is 5.59. The zero-order chi connectivity index (χ0) is 16.2. The lowest BCUT2D eigenvalue weighted by Crippen LogP contribution is -2.35. The van der Waals surface area contributed by atoms with Crippen LogP contribution in [0.5, 0.6) is 0 Å². The number of carbonyl (C=O) groups is 1. The minimum absolute atomic E-state index is 0.141. The molecule has 1 saturated carbocycles. The fraction of sp³-hybridized carbons (Fsp3) is 0.533. The number of halogens is 2. The summed E-state index contributed by atoms with van der Waals surface area (Å²) in [5, 5.41) is 2.08. The van der Waals surface area contributed by atoms with Gasteiger partial charge in [0.05, 0.1) is 5.25 Å². The zero-order valence-corrected chi connectivity index (χ0v) is 13.0. The van der Waals surface area contributed by atoms with Gasteiger partial charge in [-0.2, -0.15) is 0 Å². The first kappa shape index (κ1) is 16.9. The molecule has 0 atom stereocenters. The molecule has 0 aliphatic heterocycles. The number of amides is 1. The molecule has 122 valence electrons. The summed E-state index contributed by atoms with van der Waals surface area (Å²) >= 11 is 0. The summed E-state index contributed by atoms with van der Waals surface area (Å²) in [6.07, 6.45) is 3.26. The van der Waals surface area contributed by atoms with Gasteiger partial charge in [0.1, 0.15) is 17.4 Å². The molecule has 7 heteroatoms. The van der Waals surface area contributed by atoms with E-state index in [4.69, 9.17) is 0 Å². The summed E-state index contributed by atoms with van der Waals surface area (Å²) in [6.45, 7) is 0.141. The van der Waals surface area contributed by atoms with Crippen molar-refractivity contribution in [2.24, 2.45) is 0 Å². The molecule has 1 aromatic rings. The Kier molecular flexibility index (Phi) is 5.50. The third kappa shape index (κ3) is 4.76. The van der Waals surface area contributed by atoms with E-state index in [9.17, 15) is 22.0 Å². The van der Waals surface area contributed by atoms with E-state index in [1.54, 1.807) is 0 Å². The van der Waals surface area contributed by atoms with E-state index in [-0.39, 0.29) is 13.0 Å². The van der Waals surface area contributed by atoms with Gasteiger partial charge in [-0.1, -0.05) is 12.8 Å². The molecule has 0 radical (unpaired) electrons. The van der Waals surface area contributed by atoms with Crippen LogP contribution < -0.4 is 5.32 Å². The van der Waals surface area contributed by atoms with Crippen LogP contribution in [-0.4, -0.2) is 31.9 Å². The van der Waals surface area contributed by atoms with Gasteiger partial charge in [0.15, 0.2) is 9.84 Å². The second-order valence-corrected chi connectivity index (χ2v) is 7.87. The molecule has 0 bridgehead atoms. The summed E-state index contributed by atoms with van der Waals surface area (Å²) in [4.78, 5) is 11.7. The molecule has 1 aliphatic rings. The number of hydrogen-bond acceptors (Lipinski definition) is 3. The molecule has 1 aromatic carbocycles. The van der Waals surface area contributed by atoms with Crippen molar-refractivity contribution in [2.75, 3.05) is 12.3 Å². The predicted molar refractivity (Wildman–Crippen MR) is 79.1 cm³/mol. The van der Waals surface area contributed by atoms with Gasteiger partial charge in [-0.3, -0.25) is 4.79 Å². The number of benzene rings is 1. The second kappa shape index (κ2) is 7.17. The van der Waals surface area contributed by atoms with Crippen molar-refractivity contribution in [3.05, 3.63) is 35.4 Å². The van der Waals surface area contributed by atoms with Gasteiger partial charge in [-0.05, 0) is 37.0 Å². The highest BCUT2D eigenvalue weighted by molar-refractivity contribution is 7.92. The average molecular weight is 331 g/mol. The van der Waals surface area contributed by atoms with Crippen molar-refractivity contribution in [3.8, 4) is 0 Å². The summed E-state index contributed by atoms with van der Waals surface area (Å²) in [5.41, 5.74) is 0.413. The van der Waals surface area contributed by atoms with Crippen molar-refractivity contribution < 1.29 is 22.0 Å². The van der Waals surface area contributed by atoms with E-state index < -0.39 is 38.4 Å². The SMILES string of the molecule is O=C(CS(=O)(=O)C1CCCC1)NCCc1cc(F)cc(F)c1. The van der Waals surface area contributed by atoms with Gasteiger partial charge in [0, 0.05) is 12.6 Å². The molecule has 1 amide bonds. The van der Waals surface area contributed by atoms with E-state index >= 15 is 0 Å². The van der Waals surface area contributed by atoms with Crippen LogP contribution in [0.1, 0.15) is 31.2 Å². The van der Waals surface area contributed by atoms with E-state index in [1.807, 2.05) is 0 Å². The van der Waals surface area contributed by atoms with Gasteiger partial charge in [-0.25, -0.2) is 17.2 Å². The number of rotatable bonds is 6. The van der Waals surface area contributed by atoms with Crippen LogP contribution in [0.25, 0.3) is 0 Å². The molecule has 0 aromatic heterocycles. The molecule has 0 heterocycles. The molecule has 2 rings (SSSR count). The Morgan fingerprint density at radius 3 is 2.32 bits per heavy atom. The smallest absolute Gasteiger partial charge is 0.235 e. The number of hydrogen-bond donors (Lipinski definition) is 1. The van der Waals surface area contributed by atoms with Crippen LogP contribution in [0.4, 0.5) is 8.78 Å². The normalized spacial score (nSPS) is 15.9. The molecule has 0 spiro atoms. The van der Waals surface area contributed by atoms with Crippen molar-refractivity contribution >= 4 is 15.7 Å². The van der Waals surface area contributed by atoms with Gasteiger partial charge >= 0.3 is 0 Å². The topological polar surface area (TPSA) is 63.2 Å². The summed E-state index contributed by atoms with van der Waals surface area (Å²) in [7, 11) is -3.40. The molecule has 4 nitrogen and oxygen atoms in total.